The number of aliphatic hydroxyl groups excluding tert-OH is 1. The van der Waals surface area contributed by atoms with Crippen LogP contribution in [0.5, 0.6) is 0 Å². The molecule has 0 spiro atoms. The molecule has 0 bridgehead atoms. The Kier molecular flexibility index (Phi) is 4.58. The Morgan fingerprint density at radius 2 is 2.04 bits per heavy atom. The number of benzene rings is 1. The Morgan fingerprint density at radius 3 is 2.62 bits per heavy atom. The lowest BCUT2D eigenvalue weighted by molar-refractivity contribution is -0.163. The summed E-state index contributed by atoms with van der Waals surface area (Å²) in [6.07, 6.45) is 1.83. The summed E-state index contributed by atoms with van der Waals surface area (Å²) in [6, 6.07) is 5.06. The van der Waals surface area contributed by atoms with Gasteiger partial charge in [0.25, 0.3) is 5.91 Å². The van der Waals surface area contributed by atoms with Gasteiger partial charge in [0.1, 0.15) is 5.41 Å². The number of hydrogen-bond donors (Lipinski definition) is 2. The SMILES string of the molecule is Cc1cc(C(=O)N2CC[C@@H](O)[C@](CC3CC3)(C(=O)O)C2)ccc1Cl. The van der Waals surface area contributed by atoms with Crippen molar-refractivity contribution in [3.8, 4) is 0 Å². The largest absolute Gasteiger partial charge is 0.481 e. The quantitative estimate of drug-likeness (QED) is 0.874. The molecule has 1 heterocycles. The number of carboxylic acids is 1. The first-order valence-corrected chi connectivity index (χ1v) is 8.68. The number of nitrogens with zero attached hydrogens (tertiary/aromatic N) is 1. The van der Waals surface area contributed by atoms with Crippen LogP contribution in [-0.2, 0) is 4.79 Å². The fraction of sp³-hybridized carbons (Fsp3) is 0.556. The minimum Gasteiger partial charge on any atom is -0.481 e. The van der Waals surface area contributed by atoms with Crippen molar-refractivity contribution >= 4 is 23.5 Å². The third-order valence-corrected chi connectivity index (χ3v) is 5.68. The molecule has 130 valence electrons. The highest BCUT2D eigenvalue weighted by Gasteiger charge is 2.52. The topological polar surface area (TPSA) is 77.8 Å². The van der Waals surface area contributed by atoms with E-state index in [-0.39, 0.29) is 18.9 Å². The minimum atomic E-state index is -1.25. The molecule has 6 heteroatoms. The smallest absolute Gasteiger partial charge is 0.314 e. The number of halogens is 1. The molecule has 2 atom stereocenters. The number of likely N-dealkylation sites (tertiary alicyclic amines) is 1. The number of aliphatic carboxylic acids is 1. The first kappa shape index (κ1) is 17.2. The van der Waals surface area contributed by atoms with Crippen molar-refractivity contribution in [1.82, 2.24) is 4.90 Å². The summed E-state index contributed by atoms with van der Waals surface area (Å²) in [5.74, 6) is -0.863. The molecule has 1 saturated carbocycles. The summed E-state index contributed by atoms with van der Waals surface area (Å²) < 4.78 is 0. The maximum absolute atomic E-state index is 12.8. The molecule has 0 unspecified atom stereocenters. The van der Waals surface area contributed by atoms with E-state index in [9.17, 15) is 19.8 Å². The molecule has 1 aliphatic carbocycles. The normalized spacial score (nSPS) is 27.1. The summed E-state index contributed by atoms with van der Waals surface area (Å²) >= 11 is 6.01. The summed E-state index contributed by atoms with van der Waals surface area (Å²) in [4.78, 5) is 26.3. The van der Waals surface area contributed by atoms with E-state index in [1.165, 1.54) is 0 Å². The average Bonchev–Trinajstić information content (AvgIpc) is 3.35. The van der Waals surface area contributed by atoms with Crippen LogP contribution >= 0.6 is 11.6 Å². The molecule has 1 aromatic carbocycles. The Bertz CT molecular complexity index is 673. The summed E-state index contributed by atoms with van der Waals surface area (Å²) in [6.45, 7) is 2.25. The first-order valence-electron chi connectivity index (χ1n) is 8.30. The lowest BCUT2D eigenvalue weighted by Gasteiger charge is -2.43. The van der Waals surface area contributed by atoms with E-state index in [0.29, 0.717) is 29.5 Å². The predicted octanol–water partition coefficient (Wildman–Crippen LogP) is 2.73. The van der Waals surface area contributed by atoms with Crippen LogP contribution in [-0.4, -0.2) is 46.2 Å². The van der Waals surface area contributed by atoms with Crippen LogP contribution in [0.4, 0.5) is 0 Å². The van der Waals surface area contributed by atoms with Gasteiger partial charge in [0.05, 0.1) is 6.10 Å². The van der Waals surface area contributed by atoms with E-state index in [1.54, 1.807) is 23.1 Å². The maximum atomic E-state index is 12.8. The molecule has 1 amide bonds. The van der Waals surface area contributed by atoms with E-state index >= 15 is 0 Å². The van der Waals surface area contributed by atoms with Crippen LogP contribution < -0.4 is 0 Å². The summed E-state index contributed by atoms with van der Waals surface area (Å²) in [5, 5.41) is 20.7. The van der Waals surface area contributed by atoms with Gasteiger partial charge in [-0.1, -0.05) is 24.4 Å². The van der Waals surface area contributed by atoms with Gasteiger partial charge in [0.2, 0.25) is 0 Å². The van der Waals surface area contributed by atoms with E-state index < -0.39 is 17.5 Å². The zero-order valence-corrected chi connectivity index (χ0v) is 14.4. The van der Waals surface area contributed by atoms with Crippen LogP contribution in [0.3, 0.4) is 0 Å². The van der Waals surface area contributed by atoms with Crippen LogP contribution in [0.2, 0.25) is 5.02 Å². The molecular weight excluding hydrogens is 330 g/mol. The van der Waals surface area contributed by atoms with Gasteiger partial charge in [-0.25, -0.2) is 0 Å². The number of carboxylic acid groups (broad SMARTS) is 1. The van der Waals surface area contributed by atoms with Crippen molar-refractivity contribution in [1.29, 1.82) is 0 Å². The number of piperidine rings is 1. The third-order valence-electron chi connectivity index (χ3n) is 5.25. The molecule has 3 rings (SSSR count). The Hall–Kier alpha value is -1.59. The number of carbonyl (C=O) groups excluding carboxylic acids is 1. The molecule has 1 saturated heterocycles. The zero-order chi connectivity index (χ0) is 17.5. The predicted molar refractivity (Wildman–Crippen MR) is 90.1 cm³/mol. The van der Waals surface area contributed by atoms with Gasteiger partial charge in [-0.2, -0.15) is 0 Å². The van der Waals surface area contributed by atoms with Crippen molar-refractivity contribution in [2.75, 3.05) is 13.1 Å². The monoisotopic (exact) mass is 351 g/mol. The second kappa shape index (κ2) is 6.37. The van der Waals surface area contributed by atoms with Gasteiger partial charge < -0.3 is 15.1 Å². The fourth-order valence-corrected chi connectivity index (χ4v) is 3.67. The van der Waals surface area contributed by atoms with Crippen LogP contribution in [0.25, 0.3) is 0 Å². The van der Waals surface area contributed by atoms with Crippen LogP contribution in [0.15, 0.2) is 18.2 Å². The van der Waals surface area contributed by atoms with Crippen molar-refractivity contribution in [2.24, 2.45) is 11.3 Å². The fourth-order valence-electron chi connectivity index (χ4n) is 3.55. The molecule has 5 nitrogen and oxygen atoms in total. The first-order chi connectivity index (χ1) is 11.3. The van der Waals surface area contributed by atoms with Crippen molar-refractivity contribution < 1.29 is 19.8 Å². The second-order valence-electron chi connectivity index (χ2n) is 7.10. The van der Waals surface area contributed by atoms with Gasteiger partial charge in [-0.3, -0.25) is 9.59 Å². The number of rotatable bonds is 4. The molecule has 2 fully saturated rings. The second-order valence-corrected chi connectivity index (χ2v) is 7.51. The van der Waals surface area contributed by atoms with Gasteiger partial charge in [-0.15, -0.1) is 0 Å². The highest BCUT2D eigenvalue weighted by Crippen LogP contribution is 2.45. The molecule has 24 heavy (non-hydrogen) atoms. The average molecular weight is 352 g/mol. The highest BCUT2D eigenvalue weighted by atomic mass is 35.5. The van der Waals surface area contributed by atoms with E-state index in [4.69, 9.17) is 11.6 Å². The lowest BCUT2D eigenvalue weighted by Crippen LogP contribution is -2.57. The van der Waals surface area contributed by atoms with Crippen LogP contribution in [0.1, 0.15) is 41.6 Å². The molecule has 0 radical (unpaired) electrons. The molecular formula is C18H22ClNO4. The van der Waals surface area contributed by atoms with Gasteiger partial charge in [0, 0.05) is 23.7 Å². The van der Waals surface area contributed by atoms with E-state index in [0.717, 1.165) is 18.4 Å². The van der Waals surface area contributed by atoms with E-state index in [2.05, 4.69) is 0 Å². The summed E-state index contributed by atoms with van der Waals surface area (Å²) in [5.41, 5.74) is 0.0531. The molecule has 2 aliphatic rings. The number of hydrogen-bond acceptors (Lipinski definition) is 3. The Labute approximate surface area is 146 Å². The number of aliphatic hydroxyl groups is 1. The third kappa shape index (κ3) is 3.15. The van der Waals surface area contributed by atoms with Gasteiger partial charge in [0.15, 0.2) is 0 Å². The number of carbonyl (C=O) groups is 2. The van der Waals surface area contributed by atoms with Crippen molar-refractivity contribution in [2.45, 2.75) is 38.7 Å². The summed E-state index contributed by atoms with van der Waals surface area (Å²) in [7, 11) is 0. The minimum absolute atomic E-state index is 0.0561. The number of amides is 1. The molecule has 2 N–H and O–H groups in total. The van der Waals surface area contributed by atoms with Crippen molar-refractivity contribution in [3.05, 3.63) is 34.3 Å². The molecule has 1 aliphatic heterocycles. The Balaban J connectivity index is 1.84. The van der Waals surface area contributed by atoms with Gasteiger partial charge in [-0.05, 0) is 49.4 Å². The standard InChI is InChI=1S/C18H22ClNO4/c1-11-8-13(4-5-14(11)19)16(22)20-7-6-15(21)18(10-20,17(23)24)9-12-2-3-12/h4-5,8,12,15,21H,2-3,6-7,9-10H2,1H3,(H,23,24)/t15-,18-/m1/s1. The zero-order valence-electron chi connectivity index (χ0n) is 13.7. The lowest BCUT2D eigenvalue weighted by atomic mass is 9.73. The van der Waals surface area contributed by atoms with Gasteiger partial charge >= 0.3 is 5.97 Å². The molecule has 0 aromatic heterocycles. The molecule has 1 aromatic rings. The maximum Gasteiger partial charge on any atom is 0.314 e. The Morgan fingerprint density at radius 1 is 1.33 bits per heavy atom. The van der Waals surface area contributed by atoms with Crippen molar-refractivity contribution in [3.63, 3.8) is 0 Å². The van der Waals surface area contributed by atoms with E-state index in [1.807, 2.05) is 6.92 Å². The number of aryl methyl sites for hydroxylation is 1. The highest BCUT2D eigenvalue weighted by molar-refractivity contribution is 6.31. The van der Waals surface area contributed by atoms with Crippen LogP contribution in [0, 0.1) is 18.3 Å².